The molecule has 0 heterocycles. The molecular formula is C40H82. The van der Waals surface area contributed by atoms with Gasteiger partial charge < -0.3 is 0 Å². The number of hydrogen-bond acceptors (Lipinski definition) is 0. The van der Waals surface area contributed by atoms with Crippen molar-refractivity contribution >= 4 is 0 Å². The molecule has 3 atom stereocenters. The van der Waals surface area contributed by atoms with Crippen LogP contribution in [0.4, 0.5) is 0 Å². The van der Waals surface area contributed by atoms with E-state index in [-0.39, 0.29) is 0 Å². The fraction of sp³-hybridized carbons (Fsp3) is 1.00. The molecule has 0 rings (SSSR count). The lowest BCUT2D eigenvalue weighted by molar-refractivity contribution is 0.224. The van der Waals surface area contributed by atoms with Crippen molar-refractivity contribution in [2.45, 2.75) is 229 Å². The fourth-order valence-electron chi connectivity index (χ4n) is 6.90. The predicted molar refractivity (Wildman–Crippen MR) is 186 cm³/mol. The maximum absolute atomic E-state index is 2.54. The number of unbranched alkanes of at least 4 members (excludes halogenated alkanes) is 20. The Hall–Kier alpha value is 0. The molecule has 0 aliphatic heterocycles. The van der Waals surface area contributed by atoms with E-state index in [1.54, 1.807) is 0 Å². The number of hydrogen-bond donors (Lipinski definition) is 0. The van der Waals surface area contributed by atoms with Crippen LogP contribution in [-0.4, -0.2) is 0 Å². The maximum atomic E-state index is 2.54. The molecule has 0 saturated carbocycles. The molecule has 0 fully saturated rings. The van der Waals surface area contributed by atoms with Gasteiger partial charge in [-0.15, -0.1) is 0 Å². The van der Waals surface area contributed by atoms with Gasteiger partial charge in [0, 0.05) is 0 Å². The monoisotopic (exact) mass is 563 g/mol. The maximum Gasteiger partial charge on any atom is -0.0352 e. The molecule has 0 aliphatic carbocycles. The Morgan fingerprint density at radius 3 is 1.07 bits per heavy atom. The molecule has 0 bridgehead atoms. The van der Waals surface area contributed by atoms with Crippen LogP contribution in [0.25, 0.3) is 0 Å². The van der Waals surface area contributed by atoms with Crippen LogP contribution in [0.2, 0.25) is 0 Å². The van der Waals surface area contributed by atoms with E-state index in [9.17, 15) is 0 Å². The second kappa shape index (κ2) is 27.8. The Labute approximate surface area is 257 Å². The second-order valence-electron chi connectivity index (χ2n) is 15.8. The first-order chi connectivity index (χ1) is 19.2. The van der Waals surface area contributed by atoms with Crippen LogP contribution in [0, 0.1) is 29.1 Å². The highest BCUT2D eigenvalue weighted by atomic mass is 14.3. The van der Waals surface area contributed by atoms with Crippen molar-refractivity contribution in [2.75, 3.05) is 0 Å². The first-order valence-corrected chi connectivity index (χ1v) is 19.2. The molecule has 0 amide bonds. The molecule has 0 aromatic rings. The van der Waals surface area contributed by atoms with Crippen molar-refractivity contribution in [3.8, 4) is 0 Å². The zero-order valence-corrected chi connectivity index (χ0v) is 29.9. The van der Waals surface area contributed by atoms with Crippen LogP contribution in [0.5, 0.6) is 0 Å². The highest BCUT2D eigenvalue weighted by Gasteiger charge is 2.22. The normalized spacial score (nSPS) is 14.6. The van der Waals surface area contributed by atoms with Crippen LogP contribution >= 0.6 is 0 Å². The van der Waals surface area contributed by atoms with E-state index in [0.29, 0.717) is 5.41 Å². The Kier molecular flexibility index (Phi) is 27.8. The first kappa shape index (κ1) is 40.0. The largest absolute Gasteiger partial charge is 0.0654 e. The molecule has 0 N–H and O–H groups in total. The van der Waals surface area contributed by atoms with Gasteiger partial charge in [-0.05, 0) is 41.9 Å². The smallest absolute Gasteiger partial charge is 0.0352 e. The minimum absolute atomic E-state index is 0.528. The quantitative estimate of drug-likeness (QED) is 0.0737. The van der Waals surface area contributed by atoms with Gasteiger partial charge in [0.15, 0.2) is 0 Å². The third kappa shape index (κ3) is 28.1. The van der Waals surface area contributed by atoms with Crippen molar-refractivity contribution in [1.29, 1.82) is 0 Å². The van der Waals surface area contributed by atoms with E-state index in [1.807, 2.05) is 0 Å². The molecule has 0 saturated heterocycles. The summed E-state index contributed by atoms with van der Waals surface area (Å²) in [6.07, 6.45) is 39.4. The van der Waals surface area contributed by atoms with Crippen LogP contribution in [0.3, 0.4) is 0 Å². The SMILES string of the molecule is CCCCCCCCCCCCCCCCCCCCCCCC(C)(C)CC(C)CCC(C)C(C)CCC(C)C. The van der Waals surface area contributed by atoms with Crippen molar-refractivity contribution in [3.63, 3.8) is 0 Å². The van der Waals surface area contributed by atoms with Crippen molar-refractivity contribution in [2.24, 2.45) is 29.1 Å². The van der Waals surface area contributed by atoms with Crippen LogP contribution in [0.15, 0.2) is 0 Å². The molecule has 0 heteroatoms. The van der Waals surface area contributed by atoms with Crippen molar-refractivity contribution in [3.05, 3.63) is 0 Å². The van der Waals surface area contributed by atoms with Crippen molar-refractivity contribution < 1.29 is 0 Å². The molecule has 0 aliphatic rings. The molecule has 3 unspecified atom stereocenters. The fourth-order valence-corrected chi connectivity index (χ4v) is 6.90. The van der Waals surface area contributed by atoms with Crippen molar-refractivity contribution in [1.82, 2.24) is 0 Å². The molecule has 0 spiro atoms. The van der Waals surface area contributed by atoms with E-state index in [0.717, 1.165) is 23.7 Å². The zero-order chi connectivity index (χ0) is 29.9. The van der Waals surface area contributed by atoms with Gasteiger partial charge in [0.1, 0.15) is 0 Å². The summed E-state index contributed by atoms with van der Waals surface area (Å²) in [4.78, 5) is 0. The first-order valence-electron chi connectivity index (χ1n) is 19.2. The van der Waals surface area contributed by atoms with E-state index >= 15 is 0 Å². The van der Waals surface area contributed by atoms with Crippen LogP contribution < -0.4 is 0 Å². The second-order valence-corrected chi connectivity index (χ2v) is 15.8. The van der Waals surface area contributed by atoms with Gasteiger partial charge in [-0.25, -0.2) is 0 Å². The average molecular weight is 563 g/mol. The van der Waals surface area contributed by atoms with Gasteiger partial charge in [0.05, 0.1) is 0 Å². The van der Waals surface area contributed by atoms with Gasteiger partial charge >= 0.3 is 0 Å². The Bertz CT molecular complexity index is 488. The highest BCUT2D eigenvalue weighted by Crippen LogP contribution is 2.34. The van der Waals surface area contributed by atoms with Gasteiger partial charge in [-0.1, -0.05) is 216 Å². The topological polar surface area (TPSA) is 0 Å². The van der Waals surface area contributed by atoms with E-state index in [4.69, 9.17) is 0 Å². The summed E-state index contributed by atoms with van der Waals surface area (Å²) in [5.41, 5.74) is 0.528. The summed E-state index contributed by atoms with van der Waals surface area (Å²) in [6.45, 7) is 19.6. The standard InChI is InChI=1S/C40H82/c1-9-10-11-12-13-14-15-16-17-18-19-20-21-22-23-24-25-26-27-28-29-34-40(7,8)35-37(4)31-33-39(6)38(5)32-30-36(2)3/h36-39H,9-35H2,1-8H3. The summed E-state index contributed by atoms with van der Waals surface area (Å²) >= 11 is 0. The minimum Gasteiger partial charge on any atom is -0.0654 e. The third-order valence-electron chi connectivity index (χ3n) is 10.1. The lowest BCUT2D eigenvalue weighted by Crippen LogP contribution is -2.17. The lowest BCUT2D eigenvalue weighted by Gasteiger charge is -2.29. The number of rotatable bonds is 31. The average Bonchev–Trinajstić information content (AvgIpc) is 2.90. The summed E-state index contributed by atoms with van der Waals surface area (Å²) in [7, 11) is 0. The Morgan fingerprint density at radius 2 is 0.725 bits per heavy atom. The van der Waals surface area contributed by atoms with E-state index < -0.39 is 0 Å². The predicted octanol–water partition coefficient (Wildman–Crippen LogP) is 15.1. The summed E-state index contributed by atoms with van der Waals surface area (Å²) < 4.78 is 0. The molecule has 0 nitrogen and oxygen atoms in total. The van der Waals surface area contributed by atoms with Crippen LogP contribution in [-0.2, 0) is 0 Å². The van der Waals surface area contributed by atoms with Gasteiger partial charge in [-0.3, -0.25) is 0 Å². The Morgan fingerprint density at radius 1 is 0.400 bits per heavy atom. The van der Waals surface area contributed by atoms with E-state index in [2.05, 4.69) is 55.4 Å². The molecule has 0 aromatic heterocycles. The zero-order valence-electron chi connectivity index (χ0n) is 29.9. The van der Waals surface area contributed by atoms with Gasteiger partial charge in [0.25, 0.3) is 0 Å². The van der Waals surface area contributed by atoms with Gasteiger partial charge in [0.2, 0.25) is 0 Å². The summed E-state index contributed by atoms with van der Waals surface area (Å²) in [5.74, 6) is 3.51. The highest BCUT2D eigenvalue weighted by molar-refractivity contribution is 4.73. The van der Waals surface area contributed by atoms with Crippen LogP contribution in [0.1, 0.15) is 229 Å². The Balaban J connectivity index is 3.49. The van der Waals surface area contributed by atoms with Gasteiger partial charge in [-0.2, -0.15) is 0 Å². The summed E-state index contributed by atoms with van der Waals surface area (Å²) in [6, 6.07) is 0. The minimum atomic E-state index is 0.528. The third-order valence-corrected chi connectivity index (χ3v) is 10.1. The molecule has 242 valence electrons. The summed E-state index contributed by atoms with van der Waals surface area (Å²) in [5, 5.41) is 0. The molecule has 0 aromatic carbocycles. The molecule has 40 heavy (non-hydrogen) atoms. The molecular weight excluding hydrogens is 480 g/mol. The lowest BCUT2D eigenvalue weighted by atomic mass is 9.76. The van der Waals surface area contributed by atoms with E-state index in [1.165, 1.54) is 173 Å². The molecule has 0 radical (unpaired) electrons.